The monoisotopic (exact) mass is 301 g/mol. The highest BCUT2D eigenvalue weighted by Crippen LogP contribution is 2.48. The Labute approximate surface area is 108 Å². The van der Waals surface area contributed by atoms with Crippen molar-refractivity contribution in [1.29, 1.82) is 0 Å². The van der Waals surface area contributed by atoms with Crippen molar-refractivity contribution in [3.8, 4) is 0 Å². The second-order valence-corrected chi connectivity index (χ2v) is 7.42. The normalized spacial score (nSPS) is 24.4. The largest absolute Gasteiger partial charge is 0.383 e. The van der Waals surface area contributed by atoms with E-state index in [-0.39, 0.29) is 0 Å². The van der Waals surface area contributed by atoms with E-state index in [1.54, 1.807) is 11.3 Å². The third-order valence-corrected chi connectivity index (χ3v) is 5.28. The van der Waals surface area contributed by atoms with Crippen LogP contribution in [0, 0.1) is 5.92 Å². The Hall–Kier alpha value is 0.1000. The number of aliphatic hydroxyl groups is 1. The molecule has 1 heterocycles. The molecule has 2 aliphatic carbocycles. The van der Waals surface area contributed by atoms with Crippen molar-refractivity contribution in [2.45, 2.75) is 37.3 Å². The van der Waals surface area contributed by atoms with E-state index in [1.807, 2.05) is 6.07 Å². The molecule has 0 aromatic carbocycles. The predicted octanol–water partition coefficient (Wildman–Crippen LogP) is 2.86. The van der Waals surface area contributed by atoms with Crippen molar-refractivity contribution >= 4 is 27.3 Å². The summed E-state index contributed by atoms with van der Waals surface area (Å²) in [7, 11) is 0. The van der Waals surface area contributed by atoms with Gasteiger partial charge in [-0.1, -0.05) is 0 Å². The SMILES string of the molecule is OC(CNC1CC1)(c1ccc(Br)s1)C1CC1. The predicted molar refractivity (Wildman–Crippen MR) is 69.7 cm³/mol. The van der Waals surface area contributed by atoms with Crippen molar-refractivity contribution in [2.75, 3.05) is 6.54 Å². The lowest BCUT2D eigenvalue weighted by Crippen LogP contribution is -2.40. The molecule has 1 aromatic heterocycles. The zero-order chi connectivity index (χ0) is 11.2. The van der Waals surface area contributed by atoms with Gasteiger partial charge in [0.1, 0.15) is 5.60 Å². The highest BCUT2D eigenvalue weighted by molar-refractivity contribution is 9.11. The van der Waals surface area contributed by atoms with Crippen LogP contribution in [0.2, 0.25) is 0 Å². The summed E-state index contributed by atoms with van der Waals surface area (Å²) in [4.78, 5) is 1.11. The topological polar surface area (TPSA) is 32.3 Å². The standard InChI is InChI=1S/C12H16BrNOS/c13-11-6-5-10(16-11)12(15,8-1-2-8)7-14-9-3-4-9/h5-6,8-9,14-15H,1-4,7H2. The molecule has 1 atom stereocenters. The minimum Gasteiger partial charge on any atom is -0.383 e. The zero-order valence-electron chi connectivity index (χ0n) is 9.08. The lowest BCUT2D eigenvalue weighted by molar-refractivity contribution is 0.0167. The first-order valence-corrected chi connectivity index (χ1v) is 7.51. The van der Waals surface area contributed by atoms with E-state index >= 15 is 0 Å². The minimum atomic E-state index is -0.626. The Morgan fingerprint density at radius 3 is 2.62 bits per heavy atom. The van der Waals surface area contributed by atoms with Gasteiger partial charge in [0.15, 0.2) is 0 Å². The molecule has 0 aliphatic heterocycles. The Bertz CT molecular complexity index is 386. The summed E-state index contributed by atoms with van der Waals surface area (Å²) in [6.07, 6.45) is 4.88. The van der Waals surface area contributed by atoms with Gasteiger partial charge in [-0.15, -0.1) is 11.3 Å². The average molecular weight is 302 g/mol. The van der Waals surface area contributed by atoms with Crippen LogP contribution in [0.1, 0.15) is 30.6 Å². The summed E-state index contributed by atoms with van der Waals surface area (Å²) in [6, 6.07) is 4.75. The quantitative estimate of drug-likeness (QED) is 0.876. The van der Waals surface area contributed by atoms with Crippen LogP contribution in [0.15, 0.2) is 15.9 Å². The van der Waals surface area contributed by atoms with Gasteiger partial charge in [-0.05, 0) is 59.7 Å². The lowest BCUT2D eigenvalue weighted by atomic mass is 9.95. The Morgan fingerprint density at radius 2 is 2.12 bits per heavy atom. The molecule has 88 valence electrons. The number of halogens is 1. The smallest absolute Gasteiger partial charge is 0.114 e. The number of hydrogen-bond acceptors (Lipinski definition) is 3. The number of nitrogens with one attached hydrogen (secondary N) is 1. The van der Waals surface area contributed by atoms with Gasteiger partial charge in [0, 0.05) is 17.5 Å². The number of rotatable bonds is 5. The van der Waals surface area contributed by atoms with Crippen molar-refractivity contribution in [3.63, 3.8) is 0 Å². The van der Waals surface area contributed by atoms with Crippen LogP contribution >= 0.6 is 27.3 Å². The van der Waals surface area contributed by atoms with Crippen LogP contribution in [0.25, 0.3) is 0 Å². The molecule has 2 N–H and O–H groups in total. The third kappa shape index (κ3) is 2.21. The van der Waals surface area contributed by atoms with Crippen LogP contribution in [0.4, 0.5) is 0 Å². The van der Waals surface area contributed by atoms with Crippen LogP contribution in [-0.2, 0) is 5.60 Å². The van der Waals surface area contributed by atoms with Gasteiger partial charge in [0.25, 0.3) is 0 Å². The van der Waals surface area contributed by atoms with E-state index in [9.17, 15) is 5.11 Å². The molecule has 0 amide bonds. The zero-order valence-corrected chi connectivity index (χ0v) is 11.5. The number of hydrogen-bond donors (Lipinski definition) is 2. The maximum atomic E-state index is 10.8. The van der Waals surface area contributed by atoms with Gasteiger partial charge in [0.05, 0.1) is 3.79 Å². The highest BCUT2D eigenvalue weighted by Gasteiger charge is 2.46. The van der Waals surface area contributed by atoms with Crippen molar-refractivity contribution in [3.05, 3.63) is 20.8 Å². The van der Waals surface area contributed by atoms with Crippen LogP contribution in [0.3, 0.4) is 0 Å². The molecule has 2 saturated carbocycles. The van der Waals surface area contributed by atoms with E-state index in [1.165, 1.54) is 25.7 Å². The van der Waals surface area contributed by atoms with E-state index in [2.05, 4.69) is 27.3 Å². The summed E-state index contributed by atoms with van der Waals surface area (Å²) in [6.45, 7) is 0.718. The molecule has 0 bridgehead atoms. The summed E-state index contributed by atoms with van der Waals surface area (Å²) in [5.74, 6) is 0.462. The molecule has 2 aliphatic rings. The Balaban J connectivity index is 1.77. The first kappa shape index (κ1) is 11.2. The molecular weight excluding hydrogens is 286 g/mol. The molecule has 4 heteroatoms. The van der Waals surface area contributed by atoms with Gasteiger partial charge in [0.2, 0.25) is 0 Å². The first-order valence-electron chi connectivity index (χ1n) is 5.90. The van der Waals surface area contributed by atoms with Crippen LogP contribution in [0.5, 0.6) is 0 Å². The van der Waals surface area contributed by atoms with Crippen molar-refractivity contribution in [2.24, 2.45) is 5.92 Å². The maximum absolute atomic E-state index is 10.8. The fraction of sp³-hybridized carbons (Fsp3) is 0.667. The second-order valence-electron chi connectivity index (χ2n) is 4.96. The van der Waals surface area contributed by atoms with Crippen molar-refractivity contribution < 1.29 is 5.11 Å². The molecular formula is C12H16BrNOS. The van der Waals surface area contributed by atoms with E-state index in [0.29, 0.717) is 12.0 Å². The second kappa shape index (κ2) is 4.09. The summed E-state index contributed by atoms with van der Waals surface area (Å²) in [5.41, 5.74) is -0.626. The van der Waals surface area contributed by atoms with E-state index < -0.39 is 5.60 Å². The first-order chi connectivity index (χ1) is 7.68. The van der Waals surface area contributed by atoms with Gasteiger partial charge < -0.3 is 10.4 Å². The number of thiophene rings is 1. The molecule has 0 radical (unpaired) electrons. The maximum Gasteiger partial charge on any atom is 0.114 e. The van der Waals surface area contributed by atoms with Gasteiger partial charge in [-0.2, -0.15) is 0 Å². The highest BCUT2D eigenvalue weighted by atomic mass is 79.9. The molecule has 3 rings (SSSR count). The molecule has 2 nitrogen and oxygen atoms in total. The Kier molecular flexibility index (Phi) is 2.86. The molecule has 1 aromatic rings. The van der Waals surface area contributed by atoms with Crippen molar-refractivity contribution in [1.82, 2.24) is 5.32 Å². The molecule has 16 heavy (non-hydrogen) atoms. The fourth-order valence-corrected chi connectivity index (χ4v) is 3.68. The summed E-state index contributed by atoms with van der Waals surface area (Å²) in [5, 5.41) is 14.3. The van der Waals surface area contributed by atoms with E-state index in [4.69, 9.17) is 0 Å². The molecule has 2 fully saturated rings. The van der Waals surface area contributed by atoms with E-state index in [0.717, 1.165) is 15.2 Å². The molecule has 0 saturated heterocycles. The molecule has 0 spiro atoms. The third-order valence-electron chi connectivity index (χ3n) is 3.49. The Morgan fingerprint density at radius 1 is 1.38 bits per heavy atom. The minimum absolute atomic E-state index is 0.462. The lowest BCUT2D eigenvalue weighted by Gasteiger charge is -2.27. The van der Waals surface area contributed by atoms with Gasteiger partial charge in [-0.3, -0.25) is 0 Å². The van der Waals surface area contributed by atoms with Gasteiger partial charge >= 0.3 is 0 Å². The average Bonchev–Trinajstić information content (AvgIpc) is 3.14. The summed E-state index contributed by atoms with van der Waals surface area (Å²) < 4.78 is 1.10. The van der Waals surface area contributed by atoms with Gasteiger partial charge in [-0.25, -0.2) is 0 Å². The fourth-order valence-electron chi connectivity index (χ4n) is 2.13. The van der Waals surface area contributed by atoms with Crippen LogP contribution < -0.4 is 5.32 Å². The van der Waals surface area contributed by atoms with Crippen LogP contribution in [-0.4, -0.2) is 17.7 Å². The summed E-state index contributed by atoms with van der Waals surface area (Å²) >= 11 is 5.14. The molecule has 1 unspecified atom stereocenters.